The van der Waals surface area contributed by atoms with Gasteiger partial charge in [-0.3, -0.25) is 4.79 Å². The smallest absolute Gasteiger partial charge is 0.237 e. The SMILES string of the molecule is CC(N)(CCCOCC1CC1)C(N)=O. The van der Waals surface area contributed by atoms with Crippen LogP contribution in [0.1, 0.15) is 32.6 Å². The first kappa shape index (κ1) is 11.5. The second kappa shape index (κ2) is 4.75. The summed E-state index contributed by atoms with van der Waals surface area (Å²) in [6.45, 7) is 3.20. The molecular formula is C10H20N2O2. The molecule has 0 saturated heterocycles. The molecule has 1 unspecified atom stereocenters. The van der Waals surface area contributed by atoms with Crippen LogP contribution in [0.25, 0.3) is 0 Å². The van der Waals surface area contributed by atoms with Gasteiger partial charge in [0, 0.05) is 13.2 Å². The molecule has 14 heavy (non-hydrogen) atoms. The van der Waals surface area contributed by atoms with Crippen LogP contribution >= 0.6 is 0 Å². The second-order valence-corrected chi connectivity index (χ2v) is 4.40. The average molecular weight is 200 g/mol. The minimum atomic E-state index is -0.886. The topological polar surface area (TPSA) is 78.3 Å². The van der Waals surface area contributed by atoms with Gasteiger partial charge in [0.25, 0.3) is 0 Å². The number of carbonyl (C=O) groups excluding carboxylic acids is 1. The molecule has 1 amide bonds. The zero-order valence-electron chi connectivity index (χ0n) is 8.79. The normalized spacial score (nSPS) is 20.4. The maximum atomic E-state index is 10.9. The molecule has 0 aromatic heterocycles. The quantitative estimate of drug-likeness (QED) is 0.584. The Balaban J connectivity index is 1.98. The van der Waals surface area contributed by atoms with E-state index in [1.165, 1.54) is 12.8 Å². The molecule has 4 heteroatoms. The van der Waals surface area contributed by atoms with Gasteiger partial charge in [-0.15, -0.1) is 0 Å². The summed E-state index contributed by atoms with van der Waals surface area (Å²) in [6.07, 6.45) is 3.99. The Morgan fingerprint density at radius 1 is 1.57 bits per heavy atom. The maximum Gasteiger partial charge on any atom is 0.237 e. The molecule has 1 fully saturated rings. The van der Waals surface area contributed by atoms with Crippen molar-refractivity contribution in [1.82, 2.24) is 0 Å². The molecule has 0 radical (unpaired) electrons. The van der Waals surface area contributed by atoms with Crippen LogP contribution in [0.15, 0.2) is 0 Å². The van der Waals surface area contributed by atoms with Crippen molar-refractivity contribution < 1.29 is 9.53 Å². The number of rotatable bonds is 7. The van der Waals surface area contributed by atoms with Gasteiger partial charge < -0.3 is 16.2 Å². The zero-order valence-corrected chi connectivity index (χ0v) is 8.79. The number of carbonyl (C=O) groups is 1. The van der Waals surface area contributed by atoms with Crippen molar-refractivity contribution in [2.24, 2.45) is 17.4 Å². The third-order valence-corrected chi connectivity index (χ3v) is 2.60. The number of nitrogens with two attached hydrogens (primary N) is 2. The van der Waals surface area contributed by atoms with Crippen LogP contribution in [0.5, 0.6) is 0 Å². The fourth-order valence-electron chi connectivity index (χ4n) is 1.20. The van der Waals surface area contributed by atoms with E-state index in [1.54, 1.807) is 6.92 Å². The van der Waals surface area contributed by atoms with Gasteiger partial charge in [0.1, 0.15) is 0 Å². The first-order valence-corrected chi connectivity index (χ1v) is 5.19. The van der Waals surface area contributed by atoms with Crippen molar-refractivity contribution in [2.45, 2.75) is 38.1 Å². The molecule has 4 N–H and O–H groups in total. The van der Waals surface area contributed by atoms with Crippen LogP contribution in [0.4, 0.5) is 0 Å². The lowest BCUT2D eigenvalue weighted by molar-refractivity contribution is -0.122. The highest BCUT2D eigenvalue weighted by atomic mass is 16.5. The van der Waals surface area contributed by atoms with Crippen molar-refractivity contribution in [2.75, 3.05) is 13.2 Å². The molecule has 1 aliphatic rings. The largest absolute Gasteiger partial charge is 0.381 e. The lowest BCUT2D eigenvalue weighted by Gasteiger charge is -2.19. The van der Waals surface area contributed by atoms with Gasteiger partial charge in [0.05, 0.1) is 5.54 Å². The predicted octanol–water partition coefficient (Wildman–Crippen LogP) is 0.396. The van der Waals surface area contributed by atoms with Gasteiger partial charge in [-0.1, -0.05) is 0 Å². The van der Waals surface area contributed by atoms with E-state index in [0.29, 0.717) is 13.0 Å². The Kier molecular flexibility index (Phi) is 3.89. The standard InChI is InChI=1S/C10H20N2O2/c1-10(12,9(11)13)5-2-6-14-7-8-3-4-8/h8H,2-7,12H2,1H3,(H2,11,13). The molecule has 0 spiro atoms. The molecule has 1 rings (SSSR count). The predicted molar refractivity (Wildman–Crippen MR) is 54.6 cm³/mol. The van der Waals surface area contributed by atoms with Crippen molar-refractivity contribution in [1.29, 1.82) is 0 Å². The molecule has 0 aromatic carbocycles. The molecule has 4 nitrogen and oxygen atoms in total. The first-order valence-electron chi connectivity index (χ1n) is 5.19. The molecule has 1 saturated carbocycles. The monoisotopic (exact) mass is 200 g/mol. The lowest BCUT2D eigenvalue weighted by atomic mass is 9.97. The van der Waals surface area contributed by atoms with E-state index in [4.69, 9.17) is 16.2 Å². The van der Waals surface area contributed by atoms with E-state index in [2.05, 4.69) is 0 Å². The maximum absolute atomic E-state index is 10.9. The van der Waals surface area contributed by atoms with E-state index < -0.39 is 11.4 Å². The summed E-state index contributed by atoms with van der Waals surface area (Å²) in [5, 5.41) is 0. The lowest BCUT2D eigenvalue weighted by Crippen LogP contribution is -2.49. The summed E-state index contributed by atoms with van der Waals surface area (Å²) in [4.78, 5) is 10.9. The highest BCUT2D eigenvalue weighted by molar-refractivity contribution is 5.83. The minimum Gasteiger partial charge on any atom is -0.381 e. The molecule has 0 aliphatic heterocycles. The van der Waals surface area contributed by atoms with Crippen LogP contribution in [0, 0.1) is 5.92 Å². The van der Waals surface area contributed by atoms with E-state index in [-0.39, 0.29) is 0 Å². The number of hydrogen-bond donors (Lipinski definition) is 2. The molecular weight excluding hydrogens is 180 g/mol. The highest BCUT2D eigenvalue weighted by Gasteiger charge is 2.25. The number of amides is 1. The fourth-order valence-corrected chi connectivity index (χ4v) is 1.20. The Bertz CT molecular complexity index is 200. The Labute approximate surface area is 85.0 Å². The van der Waals surface area contributed by atoms with Crippen LogP contribution in [-0.2, 0) is 9.53 Å². The highest BCUT2D eigenvalue weighted by Crippen LogP contribution is 2.28. The third-order valence-electron chi connectivity index (χ3n) is 2.60. The Hall–Kier alpha value is -0.610. The Morgan fingerprint density at radius 2 is 2.21 bits per heavy atom. The second-order valence-electron chi connectivity index (χ2n) is 4.40. The molecule has 1 atom stereocenters. The first-order chi connectivity index (χ1) is 6.52. The summed E-state index contributed by atoms with van der Waals surface area (Å²) < 4.78 is 5.43. The van der Waals surface area contributed by atoms with Crippen molar-refractivity contribution >= 4 is 5.91 Å². The summed E-state index contributed by atoms with van der Waals surface area (Å²) in [6, 6.07) is 0. The van der Waals surface area contributed by atoms with E-state index in [9.17, 15) is 4.79 Å². The Morgan fingerprint density at radius 3 is 2.71 bits per heavy atom. The summed E-state index contributed by atoms with van der Waals surface area (Å²) in [5.74, 6) is 0.343. The van der Waals surface area contributed by atoms with Crippen LogP contribution in [-0.4, -0.2) is 24.7 Å². The van der Waals surface area contributed by atoms with Crippen LogP contribution in [0.3, 0.4) is 0 Å². The molecule has 0 bridgehead atoms. The zero-order chi connectivity index (χ0) is 10.6. The molecule has 1 aliphatic carbocycles. The van der Waals surface area contributed by atoms with E-state index in [1.807, 2.05) is 0 Å². The van der Waals surface area contributed by atoms with Gasteiger partial charge in [0.15, 0.2) is 0 Å². The van der Waals surface area contributed by atoms with Gasteiger partial charge >= 0.3 is 0 Å². The third kappa shape index (κ3) is 4.07. The average Bonchev–Trinajstić information content (AvgIpc) is 2.87. The van der Waals surface area contributed by atoms with Crippen LogP contribution in [0.2, 0.25) is 0 Å². The number of hydrogen-bond acceptors (Lipinski definition) is 3. The summed E-state index contributed by atoms with van der Waals surface area (Å²) in [5.41, 5.74) is 9.94. The van der Waals surface area contributed by atoms with Gasteiger partial charge in [-0.2, -0.15) is 0 Å². The van der Waals surface area contributed by atoms with Gasteiger partial charge in [-0.05, 0) is 38.5 Å². The van der Waals surface area contributed by atoms with E-state index >= 15 is 0 Å². The van der Waals surface area contributed by atoms with Crippen molar-refractivity contribution in [3.63, 3.8) is 0 Å². The fraction of sp³-hybridized carbons (Fsp3) is 0.900. The summed E-state index contributed by atoms with van der Waals surface area (Å²) >= 11 is 0. The van der Waals surface area contributed by atoms with Gasteiger partial charge in [-0.25, -0.2) is 0 Å². The van der Waals surface area contributed by atoms with Crippen LogP contribution < -0.4 is 11.5 Å². The molecule has 0 heterocycles. The number of primary amides is 1. The van der Waals surface area contributed by atoms with Crippen molar-refractivity contribution in [3.05, 3.63) is 0 Å². The molecule has 0 aromatic rings. The minimum absolute atomic E-state index is 0.445. The summed E-state index contributed by atoms with van der Waals surface area (Å²) in [7, 11) is 0. The van der Waals surface area contributed by atoms with E-state index in [0.717, 1.165) is 18.9 Å². The van der Waals surface area contributed by atoms with Gasteiger partial charge in [0.2, 0.25) is 5.91 Å². The van der Waals surface area contributed by atoms with Crippen molar-refractivity contribution in [3.8, 4) is 0 Å². The number of ether oxygens (including phenoxy) is 1. The molecule has 82 valence electrons.